The van der Waals surface area contributed by atoms with Crippen molar-refractivity contribution in [2.24, 2.45) is 0 Å². The van der Waals surface area contributed by atoms with Crippen molar-refractivity contribution in [3.8, 4) is 0 Å². The van der Waals surface area contributed by atoms with Crippen LogP contribution in [0.1, 0.15) is 109 Å². The quantitative estimate of drug-likeness (QED) is 0.450. The smallest absolute Gasteiger partial charge is 0.411 e. The topological polar surface area (TPSA) is 101 Å². The zero-order valence-electron chi connectivity index (χ0n) is 24.3. The van der Waals surface area contributed by atoms with Gasteiger partial charge in [-0.15, -0.1) is 0 Å². The number of nitrogens with one attached hydrogen (secondary N) is 1. The summed E-state index contributed by atoms with van der Waals surface area (Å²) in [5.74, 6) is -1.71. The van der Waals surface area contributed by atoms with Gasteiger partial charge in [-0.05, 0) is 86.6 Å². The van der Waals surface area contributed by atoms with Crippen LogP contribution in [0.3, 0.4) is 0 Å². The Balaban J connectivity index is 2.23. The van der Waals surface area contributed by atoms with E-state index in [0.29, 0.717) is 12.0 Å². The van der Waals surface area contributed by atoms with Crippen LogP contribution in [0.15, 0.2) is 36.5 Å². The molecule has 1 heterocycles. The number of carboxylic acids is 1. The first-order valence-electron chi connectivity index (χ1n) is 13.3. The highest BCUT2D eigenvalue weighted by atomic mass is 16.6. The second-order valence-electron chi connectivity index (χ2n) is 12.7. The second kappa shape index (κ2) is 10.1. The Kier molecular flexibility index (Phi) is 7.79. The third-order valence-electron chi connectivity index (χ3n) is 7.65. The number of aromatic nitrogens is 1. The maximum atomic E-state index is 14.2. The molecule has 0 bridgehead atoms. The van der Waals surface area contributed by atoms with Gasteiger partial charge in [-0.3, -0.25) is 19.8 Å². The number of carbonyl (C=O) groups excluding carboxylic acids is 2. The molecule has 1 aliphatic rings. The minimum Gasteiger partial charge on any atom is -0.477 e. The van der Waals surface area contributed by atoms with E-state index in [1.54, 1.807) is 33.8 Å². The lowest BCUT2D eigenvalue weighted by Gasteiger charge is -2.44. The van der Waals surface area contributed by atoms with Gasteiger partial charge in [0.2, 0.25) is 0 Å². The highest BCUT2D eigenvalue weighted by Gasteiger charge is 2.47. The zero-order valence-corrected chi connectivity index (χ0v) is 24.3. The first-order chi connectivity index (χ1) is 17.4. The van der Waals surface area contributed by atoms with E-state index in [0.717, 1.165) is 18.4 Å². The van der Waals surface area contributed by atoms with Crippen LogP contribution in [0, 0.1) is 0 Å². The van der Waals surface area contributed by atoms with Gasteiger partial charge in [-0.1, -0.05) is 52.8 Å². The van der Waals surface area contributed by atoms with Gasteiger partial charge in [0.25, 0.3) is 5.91 Å². The van der Waals surface area contributed by atoms with Crippen LogP contribution in [-0.4, -0.2) is 44.8 Å². The van der Waals surface area contributed by atoms with E-state index >= 15 is 0 Å². The van der Waals surface area contributed by atoms with Gasteiger partial charge in [0.1, 0.15) is 16.8 Å². The molecule has 1 atom stereocenters. The number of rotatable bonds is 7. The standard InChI is InChI=1S/C30H43N3O5/c1-10-17-32(26(37)38-27(2,3)4)30(9,25(36)31-33-18-11-12-23(33)24(34)35)20-13-14-21-22(19-20)29(7,8)16-15-28(21,5)6/h11-14,18-19H,10,15-17H2,1-9H3,(H,31,36)(H,34,35). The molecule has 0 aliphatic heterocycles. The molecule has 0 saturated heterocycles. The molecule has 1 aromatic heterocycles. The van der Waals surface area contributed by atoms with E-state index in [9.17, 15) is 19.5 Å². The normalized spacial score (nSPS) is 17.6. The number of hydrogen-bond acceptors (Lipinski definition) is 4. The predicted octanol–water partition coefficient (Wildman–Crippen LogP) is 6.17. The van der Waals surface area contributed by atoms with Crippen molar-refractivity contribution >= 4 is 18.0 Å². The number of aromatic carboxylic acids is 1. The number of hydrogen-bond donors (Lipinski definition) is 2. The van der Waals surface area contributed by atoms with Crippen molar-refractivity contribution < 1.29 is 24.2 Å². The number of amides is 2. The summed E-state index contributed by atoms with van der Waals surface area (Å²) in [6.45, 7) is 18.1. The average molecular weight is 526 g/mol. The van der Waals surface area contributed by atoms with E-state index in [2.05, 4.69) is 45.3 Å². The Morgan fingerprint density at radius 3 is 2.18 bits per heavy atom. The van der Waals surface area contributed by atoms with Crippen LogP contribution in [0.2, 0.25) is 0 Å². The largest absolute Gasteiger partial charge is 0.477 e. The second-order valence-corrected chi connectivity index (χ2v) is 12.7. The molecule has 8 nitrogen and oxygen atoms in total. The van der Waals surface area contributed by atoms with Crippen molar-refractivity contribution in [1.29, 1.82) is 0 Å². The van der Waals surface area contributed by atoms with E-state index in [-0.39, 0.29) is 23.1 Å². The summed E-state index contributed by atoms with van der Waals surface area (Å²) in [5.41, 5.74) is 3.28. The molecule has 0 fully saturated rings. The van der Waals surface area contributed by atoms with Crippen LogP contribution in [0.25, 0.3) is 0 Å². The Labute approximate surface area is 226 Å². The summed E-state index contributed by atoms with van der Waals surface area (Å²) in [6.07, 6.45) is 3.50. The molecule has 0 saturated carbocycles. The summed E-state index contributed by atoms with van der Waals surface area (Å²) >= 11 is 0. The third kappa shape index (κ3) is 5.59. The molecular weight excluding hydrogens is 482 g/mol. The van der Waals surface area contributed by atoms with Gasteiger partial charge in [-0.25, -0.2) is 9.59 Å². The minimum atomic E-state index is -1.49. The SMILES string of the molecule is CCCN(C(=O)OC(C)(C)C)C(C)(C(=O)Nn1cccc1C(=O)O)c1ccc2c(c1)C(C)(C)CCC2(C)C. The molecule has 38 heavy (non-hydrogen) atoms. The van der Waals surface area contributed by atoms with E-state index in [4.69, 9.17) is 4.74 Å². The van der Waals surface area contributed by atoms with E-state index < -0.39 is 29.1 Å². The summed E-state index contributed by atoms with van der Waals surface area (Å²) in [7, 11) is 0. The number of carboxylic acid groups (broad SMARTS) is 1. The molecule has 0 spiro atoms. The number of benzene rings is 1. The van der Waals surface area contributed by atoms with E-state index in [1.807, 2.05) is 13.0 Å². The predicted molar refractivity (Wildman–Crippen MR) is 148 cm³/mol. The molecule has 8 heteroatoms. The summed E-state index contributed by atoms with van der Waals surface area (Å²) < 4.78 is 6.93. The monoisotopic (exact) mass is 525 g/mol. The van der Waals surface area contributed by atoms with Crippen molar-refractivity contribution in [2.75, 3.05) is 12.0 Å². The fourth-order valence-corrected chi connectivity index (χ4v) is 5.21. The first-order valence-corrected chi connectivity index (χ1v) is 13.3. The van der Waals surface area contributed by atoms with Crippen molar-refractivity contribution in [1.82, 2.24) is 9.58 Å². The van der Waals surface area contributed by atoms with Gasteiger partial charge in [0, 0.05) is 12.7 Å². The van der Waals surface area contributed by atoms with Gasteiger partial charge in [-0.2, -0.15) is 0 Å². The van der Waals surface area contributed by atoms with Crippen LogP contribution in [0.4, 0.5) is 4.79 Å². The molecule has 1 aliphatic carbocycles. The van der Waals surface area contributed by atoms with Crippen molar-refractivity contribution in [2.45, 2.75) is 104 Å². The summed E-state index contributed by atoms with van der Waals surface area (Å²) in [4.78, 5) is 40.9. The van der Waals surface area contributed by atoms with Gasteiger partial charge in [0.05, 0.1) is 0 Å². The van der Waals surface area contributed by atoms with Gasteiger partial charge < -0.3 is 9.84 Å². The average Bonchev–Trinajstić information content (AvgIpc) is 3.27. The number of nitrogens with zero attached hydrogens (tertiary/aromatic N) is 2. The molecule has 2 aromatic rings. The molecule has 2 amide bonds. The lowest BCUT2D eigenvalue weighted by atomic mass is 9.62. The van der Waals surface area contributed by atoms with Gasteiger partial charge in [0.15, 0.2) is 0 Å². The van der Waals surface area contributed by atoms with Crippen LogP contribution < -0.4 is 5.43 Å². The molecular formula is C30H43N3O5. The van der Waals surface area contributed by atoms with Crippen LogP contribution in [-0.2, 0) is 25.9 Å². The minimum absolute atomic E-state index is 0.0160. The maximum absolute atomic E-state index is 14.2. The zero-order chi connectivity index (χ0) is 28.7. The molecule has 2 N–H and O–H groups in total. The van der Waals surface area contributed by atoms with Crippen LogP contribution >= 0.6 is 0 Å². The molecule has 0 radical (unpaired) electrons. The fourth-order valence-electron chi connectivity index (χ4n) is 5.21. The number of fused-ring (bicyclic) bond motifs is 1. The van der Waals surface area contributed by atoms with Crippen molar-refractivity contribution in [3.63, 3.8) is 0 Å². The third-order valence-corrected chi connectivity index (χ3v) is 7.65. The highest BCUT2D eigenvalue weighted by Crippen LogP contribution is 2.47. The molecule has 1 aromatic carbocycles. The molecule has 3 rings (SSSR count). The summed E-state index contributed by atoms with van der Waals surface area (Å²) in [5, 5.41) is 9.58. The number of ether oxygens (including phenoxy) is 1. The lowest BCUT2D eigenvalue weighted by molar-refractivity contribution is -0.129. The Morgan fingerprint density at radius 1 is 1.03 bits per heavy atom. The highest BCUT2D eigenvalue weighted by molar-refractivity contribution is 5.97. The molecule has 1 unspecified atom stereocenters. The Bertz CT molecular complexity index is 1220. The number of carbonyl (C=O) groups is 3. The Morgan fingerprint density at radius 2 is 1.63 bits per heavy atom. The lowest BCUT2D eigenvalue weighted by Crippen LogP contribution is -2.57. The Hall–Kier alpha value is -3.29. The van der Waals surface area contributed by atoms with Gasteiger partial charge >= 0.3 is 12.1 Å². The van der Waals surface area contributed by atoms with E-state index in [1.165, 1.54) is 27.4 Å². The molecule has 208 valence electrons. The maximum Gasteiger partial charge on any atom is 0.411 e. The van der Waals surface area contributed by atoms with Crippen molar-refractivity contribution in [3.05, 3.63) is 58.9 Å². The van der Waals surface area contributed by atoms with Crippen LogP contribution in [0.5, 0.6) is 0 Å². The first kappa shape index (κ1) is 29.3. The summed E-state index contributed by atoms with van der Waals surface area (Å²) in [6, 6.07) is 9.00. The fraction of sp³-hybridized carbons (Fsp3) is 0.567.